The van der Waals surface area contributed by atoms with Crippen LogP contribution in [0.3, 0.4) is 0 Å². The Hall–Kier alpha value is -0.970. The molecule has 0 N–H and O–H groups in total. The van der Waals surface area contributed by atoms with E-state index in [2.05, 4.69) is 16.1 Å². The van der Waals surface area contributed by atoms with Crippen molar-refractivity contribution >= 4 is 5.97 Å². The molecule has 0 aromatic rings. The highest BCUT2D eigenvalue weighted by molar-refractivity contribution is 5.81. The highest BCUT2D eigenvalue weighted by Crippen LogP contribution is 2.30. The van der Waals surface area contributed by atoms with E-state index in [1.165, 1.54) is 0 Å². The lowest BCUT2D eigenvalue weighted by atomic mass is 10.1. The molecule has 0 aromatic carbocycles. The van der Waals surface area contributed by atoms with E-state index in [1.807, 2.05) is 0 Å². The number of alkyl halides is 2. The molecular formula is C7H8F2O3. The van der Waals surface area contributed by atoms with E-state index >= 15 is 0 Å². The molecule has 0 aromatic heterocycles. The van der Waals surface area contributed by atoms with Gasteiger partial charge in [0.25, 0.3) is 0 Å². The molecule has 0 amide bonds. The summed E-state index contributed by atoms with van der Waals surface area (Å²) in [6.07, 6.45) is -2.41. The predicted molar refractivity (Wildman–Crippen MR) is 35.5 cm³/mol. The number of carbonyl (C=O) groups is 1. The van der Waals surface area contributed by atoms with Gasteiger partial charge in [-0.05, 0) is 0 Å². The summed E-state index contributed by atoms with van der Waals surface area (Å²) in [5.74, 6) is -1.68. The molecule has 2 unspecified atom stereocenters. The minimum Gasteiger partial charge on any atom is -0.462 e. The highest BCUT2D eigenvalue weighted by atomic mass is 19.2. The maximum absolute atomic E-state index is 12.3. The molecule has 1 heterocycles. The number of esters is 1. The zero-order valence-corrected chi connectivity index (χ0v) is 6.20. The van der Waals surface area contributed by atoms with Crippen LogP contribution in [0.15, 0.2) is 12.7 Å². The van der Waals surface area contributed by atoms with Crippen molar-refractivity contribution in [2.45, 2.75) is 12.7 Å². The van der Waals surface area contributed by atoms with E-state index in [4.69, 9.17) is 0 Å². The molecule has 1 saturated heterocycles. The molecule has 12 heavy (non-hydrogen) atoms. The van der Waals surface area contributed by atoms with Gasteiger partial charge in [-0.2, -0.15) is 0 Å². The Bertz CT molecular complexity index is 187. The molecule has 1 aliphatic rings. The van der Waals surface area contributed by atoms with E-state index in [-0.39, 0.29) is 6.61 Å². The maximum Gasteiger partial charge on any atom is 0.330 e. The Balaban J connectivity index is 2.22. The summed E-state index contributed by atoms with van der Waals surface area (Å²) in [5, 5.41) is 0. The lowest BCUT2D eigenvalue weighted by molar-refractivity contribution is -0.300. The molecule has 0 aliphatic carbocycles. The van der Waals surface area contributed by atoms with Gasteiger partial charge in [-0.15, -0.1) is 0 Å². The fourth-order valence-corrected chi connectivity index (χ4v) is 0.744. The third-order valence-electron chi connectivity index (χ3n) is 1.52. The summed E-state index contributed by atoms with van der Waals surface area (Å²) in [5.41, 5.74) is 0. The summed E-state index contributed by atoms with van der Waals surface area (Å²) >= 11 is 0. The van der Waals surface area contributed by atoms with Crippen LogP contribution in [0.5, 0.6) is 0 Å². The van der Waals surface area contributed by atoms with Crippen molar-refractivity contribution in [3.05, 3.63) is 12.7 Å². The van der Waals surface area contributed by atoms with Gasteiger partial charge in [-0.3, -0.25) is 0 Å². The van der Waals surface area contributed by atoms with Gasteiger partial charge >= 0.3 is 5.97 Å². The Morgan fingerprint density at radius 1 is 1.58 bits per heavy atom. The standard InChI is InChI=1S/C7H8F2O3/c1-2-5(10)11-3-4-6(8)12-7(4)9/h2,4,6-7H,1,3H2. The second-order valence-corrected chi connectivity index (χ2v) is 2.34. The molecule has 0 spiro atoms. The molecule has 0 radical (unpaired) electrons. The molecule has 1 aliphatic heterocycles. The van der Waals surface area contributed by atoms with Crippen LogP contribution in [0.4, 0.5) is 8.78 Å². The Morgan fingerprint density at radius 3 is 2.58 bits per heavy atom. The van der Waals surface area contributed by atoms with Crippen molar-refractivity contribution in [1.29, 1.82) is 0 Å². The average Bonchev–Trinajstić information content (AvgIpc) is 2.04. The topological polar surface area (TPSA) is 35.5 Å². The second-order valence-electron chi connectivity index (χ2n) is 2.34. The molecule has 0 saturated carbocycles. The molecule has 3 nitrogen and oxygen atoms in total. The highest BCUT2D eigenvalue weighted by Gasteiger charge is 2.44. The van der Waals surface area contributed by atoms with E-state index in [9.17, 15) is 13.6 Å². The van der Waals surface area contributed by atoms with Gasteiger partial charge in [0.15, 0.2) is 0 Å². The van der Waals surface area contributed by atoms with Crippen molar-refractivity contribution in [3.63, 3.8) is 0 Å². The van der Waals surface area contributed by atoms with Gasteiger partial charge < -0.3 is 9.47 Å². The molecule has 0 bridgehead atoms. The first-order valence-corrected chi connectivity index (χ1v) is 3.38. The smallest absolute Gasteiger partial charge is 0.330 e. The summed E-state index contributed by atoms with van der Waals surface area (Å²) in [6.45, 7) is 2.81. The molecular weight excluding hydrogens is 170 g/mol. The van der Waals surface area contributed by atoms with Crippen LogP contribution in [0.1, 0.15) is 0 Å². The number of ether oxygens (including phenoxy) is 2. The summed E-state index contributed by atoms with van der Waals surface area (Å²) in [4.78, 5) is 10.4. The first-order valence-electron chi connectivity index (χ1n) is 3.38. The third kappa shape index (κ3) is 1.79. The minimum atomic E-state index is -1.67. The van der Waals surface area contributed by atoms with Crippen LogP contribution in [-0.4, -0.2) is 25.3 Å². The fourth-order valence-electron chi connectivity index (χ4n) is 0.744. The summed E-state index contributed by atoms with van der Waals surface area (Å²) in [7, 11) is 0. The molecule has 68 valence electrons. The number of hydrogen-bond donors (Lipinski definition) is 0. The number of hydrogen-bond acceptors (Lipinski definition) is 3. The minimum absolute atomic E-state index is 0.312. The molecule has 2 atom stereocenters. The lowest BCUT2D eigenvalue weighted by Gasteiger charge is -2.33. The second kappa shape index (κ2) is 3.62. The molecule has 5 heteroatoms. The van der Waals surface area contributed by atoms with Crippen LogP contribution in [-0.2, 0) is 14.3 Å². The van der Waals surface area contributed by atoms with E-state index < -0.39 is 24.6 Å². The van der Waals surface area contributed by atoms with Gasteiger partial charge in [0.2, 0.25) is 12.7 Å². The zero-order valence-electron chi connectivity index (χ0n) is 6.20. The van der Waals surface area contributed by atoms with Crippen molar-refractivity contribution < 1.29 is 23.0 Å². The number of halogens is 2. The number of rotatable bonds is 3. The first-order chi connectivity index (χ1) is 5.65. The Labute approximate surface area is 68.0 Å². The van der Waals surface area contributed by atoms with Gasteiger partial charge in [0.05, 0.1) is 0 Å². The van der Waals surface area contributed by atoms with Gasteiger partial charge in [0, 0.05) is 6.08 Å². The van der Waals surface area contributed by atoms with E-state index in [1.54, 1.807) is 0 Å². The third-order valence-corrected chi connectivity index (χ3v) is 1.52. The van der Waals surface area contributed by atoms with Crippen LogP contribution < -0.4 is 0 Å². The quantitative estimate of drug-likeness (QED) is 0.476. The summed E-state index contributed by atoms with van der Waals surface area (Å²) in [6, 6.07) is 0. The molecule has 1 rings (SSSR count). The summed E-state index contributed by atoms with van der Waals surface area (Å²) < 4.78 is 33.0. The van der Waals surface area contributed by atoms with E-state index in [0.717, 1.165) is 6.08 Å². The van der Waals surface area contributed by atoms with Gasteiger partial charge in [-0.25, -0.2) is 13.6 Å². The van der Waals surface area contributed by atoms with E-state index in [0.29, 0.717) is 0 Å². The lowest BCUT2D eigenvalue weighted by Crippen LogP contribution is -2.46. The van der Waals surface area contributed by atoms with Gasteiger partial charge in [0.1, 0.15) is 12.5 Å². The molecule has 1 fully saturated rings. The van der Waals surface area contributed by atoms with Crippen molar-refractivity contribution in [1.82, 2.24) is 0 Å². The first kappa shape index (κ1) is 9.12. The monoisotopic (exact) mass is 178 g/mol. The van der Waals surface area contributed by atoms with Crippen molar-refractivity contribution in [3.8, 4) is 0 Å². The average molecular weight is 178 g/mol. The van der Waals surface area contributed by atoms with Crippen LogP contribution in [0.2, 0.25) is 0 Å². The Kier molecular flexibility index (Phi) is 2.75. The number of carbonyl (C=O) groups excluding carboxylic acids is 1. The Morgan fingerprint density at radius 2 is 2.17 bits per heavy atom. The fraction of sp³-hybridized carbons (Fsp3) is 0.571. The SMILES string of the molecule is C=CC(=O)OCC1C(F)OC1F. The normalized spacial score (nSPS) is 33.7. The van der Waals surface area contributed by atoms with Crippen LogP contribution in [0.25, 0.3) is 0 Å². The van der Waals surface area contributed by atoms with Gasteiger partial charge in [-0.1, -0.05) is 6.58 Å². The maximum atomic E-state index is 12.3. The van der Waals surface area contributed by atoms with Crippen molar-refractivity contribution in [2.75, 3.05) is 6.61 Å². The van der Waals surface area contributed by atoms with Crippen molar-refractivity contribution in [2.24, 2.45) is 5.92 Å². The predicted octanol–water partition coefficient (Wildman–Crippen LogP) is 0.953. The zero-order chi connectivity index (χ0) is 9.14. The van der Waals surface area contributed by atoms with Crippen LogP contribution in [0, 0.1) is 5.92 Å². The largest absolute Gasteiger partial charge is 0.462 e. The van der Waals surface area contributed by atoms with Crippen LogP contribution >= 0.6 is 0 Å².